The average Bonchev–Trinajstić information content (AvgIpc) is 2.94. The molecule has 1 heterocycles. The molecule has 0 saturated carbocycles. The van der Waals surface area contributed by atoms with Crippen molar-refractivity contribution in [2.45, 2.75) is 39.2 Å². The molecule has 0 atom stereocenters. The molecule has 0 bridgehead atoms. The number of benzene rings is 1. The first-order valence-corrected chi connectivity index (χ1v) is 7.97. The van der Waals surface area contributed by atoms with E-state index >= 15 is 0 Å². The van der Waals surface area contributed by atoms with Crippen LogP contribution in [0.1, 0.15) is 42.8 Å². The van der Waals surface area contributed by atoms with Crippen molar-refractivity contribution in [2.75, 3.05) is 0 Å². The largest absolute Gasteiger partial charge is 0.360 e. The Bertz CT molecular complexity index is 784. The Morgan fingerprint density at radius 1 is 1.46 bits per heavy atom. The molecule has 0 aliphatic carbocycles. The Labute approximate surface area is 145 Å². The average molecular weight is 349 g/mol. The standard InChI is InChI=1S/C18H18ClFN2O2/c1-5-18(6-2,7-3)21-17(23)14-11(4)24-22-16(14)15-12(19)9-8-10-13(15)20/h1,8-10H,6-7H2,2-4H3,(H,21,23). The van der Waals surface area contributed by atoms with Crippen LogP contribution < -0.4 is 5.32 Å². The molecule has 0 aliphatic rings. The number of hydrogen-bond acceptors (Lipinski definition) is 3. The van der Waals surface area contributed by atoms with Crippen LogP contribution in [-0.2, 0) is 0 Å². The zero-order valence-electron chi connectivity index (χ0n) is 13.7. The molecule has 0 unspecified atom stereocenters. The molecule has 1 N–H and O–H groups in total. The highest BCUT2D eigenvalue weighted by atomic mass is 35.5. The van der Waals surface area contributed by atoms with Crippen LogP contribution >= 0.6 is 11.6 Å². The quantitative estimate of drug-likeness (QED) is 0.816. The minimum atomic E-state index is -0.781. The summed E-state index contributed by atoms with van der Waals surface area (Å²) >= 11 is 6.08. The number of aryl methyl sites for hydroxylation is 1. The fourth-order valence-electron chi connectivity index (χ4n) is 2.48. The van der Waals surface area contributed by atoms with E-state index < -0.39 is 17.3 Å². The number of carbonyl (C=O) groups excluding carboxylic acids is 1. The number of nitrogens with one attached hydrogen (secondary N) is 1. The summed E-state index contributed by atoms with van der Waals surface area (Å²) in [5.41, 5.74) is -0.563. The molecule has 2 rings (SSSR count). The highest BCUT2D eigenvalue weighted by molar-refractivity contribution is 6.33. The molecule has 0 aliphatic heterocycles. The van der Waals surface area contributed by atoms with Gasteiger partial charge in [0.05, 0.1) is 10.6 Å². The van der Waals surface area contributed by atoms with E-state index in [9.17, 15) is 9.18 Å². The normalized spacial score (nSPS) is 11.2. The van der Waals surface area contributed by atoms with E-state index in [2.05, 4.69) is 16.4 Å². The molecule has 2 aromatic rings. The van der Waals surface area contributed by atoms with Crippen LogP contribution in [0.15, 0.2) is 22.7 Å². The minimum absolute atomic E-state index is 0.0282. The first-order chi connectivity index (χ1) is 11.4. The Morgan fingerprint density at radius 2 is 2.12 bits per heavy atom. The van der Waals surface area contributed by atoms with Gasteiger partial charge in [0.15, 0.2) is 0 Å². The van der Waals surface area contributed by atoms with Gasteiger partial charge in [-0.05, 0) is 31.9 Å². The predicted molar refractivity (Wildman–Crippen MR) is 91.3 cm³/mol. The fourth-order valence-corrected chi connectivity index (χ4v) is 2.73. The summed E-state index contributed by atoms with van der Waals surface area (Å²) in [5, 5.41) is 6.80. The molecule has 0 saturated heterocycles. The number of terminal acetylenes is 1. The highest BCUT2D eigenvalue weighted by Gasteiger charge is 2.31. The van der Waals surface area contributed by atoms with E-state index in [1.165, 1.54) is 18.2 Å². The van der Waals surface area contributed by atoms with Gasteiger partial charge in [-0.15, -0.1) is 6.42 Å². The third-order valence-electron chi connectivity index (χ3n) is 4.13. The van der Waals surface area contributed by atoms with E-state index in [0.717, 1.165) is 0 Å². The third-order valence-corrected chi connectivity index (χ3v) is 4.44. The molecule has 24 heavy (non-hydrogen) atoms. The lowest BCUT2D eigenvalue weighted by Gasteiger charge is -2.27. The summed E-state index contributed by atoms with van der Waals surface area (Å²) in [6.45, 7) is 5.35. The zero-order valence-corrected chi connectivity index (χ0v) is 14.5. The highest BCUT2D eigenvalue weighted by Crippen LogP contribution is 2.33. The van der Waals surface area contributed by atoms with Crippen LogP contribution in [0.3, 0.4) is 0 Å². The number of nitrogens with zero attached hydrogens (tertiary/aromatic N) is 1. The van der Waals surface area contributed by atoms with E-state index in [1.807, 2.05) is 13.8 Å². The van der Waals surface area contributed by atoms with Crippen molar-refractivity contribution in [1.82, 2.24) is 10.5 Å². The van der Waals surface area contributed by atoms with Crippen LogP contribution in [0.4, 0.5) is 4.39 Å². The molecule has 0 spiro atoms. The Morgan fingerprint density at radius 3 is 2.67 bits per heavy atom. The number of aromatic nitrogens is 1. The van der Waals surface area contributed by atoms with Gasteiger partial charge in [-0.25, -0.2) is 4.39 Å². The van der Waals surface area contributed by atoms with E-state index in [-0.39, 0.29) is 27.6 Å². The first kappa shape index (κ1) is 18.0. The third kappa shape index (κ3) is 3.15. The fraction of sp³-hybridized carbons (Fsp3) is 0.333. The molecule has 1 amide bonds. The van der Waals surface area contributed by atoms with Gasteiger partial charge in [-0.3, -0.25) is 4.79 Å². The van der Waals surface area contributed by atoms with Crippen molar-refractivity contribution >= 4 is 17.5 Å². The summed E-state index contributed by atoms with van der Waals surface area (Å²) in [5.74, 6) is 1.84. The molecule has 4 nitrogen and oxygen atoms in total. The number of amides is 1. The SMILES string of the molecule is C#CC(CC)(CC)NC(=O)c1c(-c2c(F)cccc2Cl)noc1C. The van der Waals surface area contributed by atoms with Gasteiger partial charge in [0.2, 0.25) is 0 Å². The maximum Gasteiger partial charge on any atom is 0.258 e. The molecule has 0 radical (unpaired) electrons. The van der Waals surface area contributed by atoms with Crippen LogP contribution in [0.2, 0.25) is 5.02 Å². The molecule has 1 aromatic heterocycles. The lowest BCUT2D eigenvalue weighted by Crippen LogP contribution is -2.46. The maximum atomic E-state index is 14.2. The van der Waals surface area contributed by atoms with Gasteiger partial charge in [0, 0.05) is 0 Å². The van der Waals surface area contributed by atoms with Crippen molar-refractivity contribution < 1.29 is 13.7 Å². The van der Waals surface area contributed by atoms with Crippen molar-refractivity contribution in [3.8, 4) is 23.6 Å². The van der Waals surface area contributed by atoms with Crippen molar-refractivity contribution in [3.05, 3.63) is 40.4 Å². The molecule has 6 heteroatoms. The van der Waals surface area contributed by atoms with Crippen LogP contribution in [0, 0.1) is 25.1 Å². The molecular formula is C18H18ClFN2O2. The molecule has 1 aromatic carbocycles. The number of hydrogen-bond donors (Lipinski definition) is 1. The van der Waals surface area contributed by atoms with Gasteiger partial charge in [-0.2, -0.15) is 0 Å². The van der Waals surface area contributed by atoms with Gasteiger partial charge >= 0.3 is 0 Å². The van der Waals surface area contributed by atoms with Crippen LogP contribution in [0.25, 0.3) is 11.3 Å². The van der Waals surface area contributed by atoms with Crippen molar-refractivity contribution in [2.24, 2.45) is 0 Å². The number of halogens is 2. The summed E-state index contributed by atoms with van der Waals surface area (Å²) in [4.78, 5) is 12.8. The minimum Gasteiger partial charge on any atom is -0.360 e. The molecule has 0 fully saturated rings. The first-order valence-electron chi connectivity index (χ1n) is 7.60. The van der Waals surface area contributed by atoms with Gasteiger partial charge in [0.1, 0.15) is 28.4 Å². The van der Waals surface area contributed by atoms with Crippen molar-refractivity contribution in [3.63, 3.8) is 0 Å². The summed E-state index contributed by atoms with van der Waals surface area (Å²) in [6.07, 6.45) is 6.70. The van der Waals surface area contributed by atoms with Crippen LogP contribution in [-0.4, -0.2) is 16.6 Å². The lowest BCUT2D eigenvalue weighted by atomic mass is 9.93. The second kappa shape index (κ2) is 7.06. The summed E-state index contributed by atoms with van der Waals surface area (Å²) in [7, 11) is 0. The van der Waals surface area contributed by atoms with Gasteiger partial charge in [0.25, 0.3) is 5.91 Å². The van der Waals surface area contributed by atoms with Gasteiger partial charge < -0.3 is 9.84 Å². The Hall–Kier alpha value is -2.32. The predicted octanol–water partition coefficient (Wildman–Crippen LogP) is 4.36. The van der Waals surface area contributed by atoms with E-state index in [0.29, 0.717) is 12.8 Å². The maximum absolute atomic E-state index is 14.2. The van der Waals surface area contributed by atoms with Crippen molar-refractivity contribution in [1.29, 1.82) is 0 Å². The monoisotopic (exact) mass is 348 g/mol. The smallest absolute Gasteiger partial charge is 0.258 e. The Balaban J connectivity index is 2.52. The molecular weight excluding hydrogens is 331 g/mol. The lowest BCUT2D eigenvalue weighted by molar-refractivity contribution is 0.0915. The number of rotatable bonds is 5. The molecule has 126 valence electrons. The summed E-state index contributed by atoms with van der Waals surface area (Å²) < 4.78 is 19.3. The second-order valence-electron chi connectivity index (χ2n) is 5.45. The zero-order chi connectivity index (χ0) is 17.9. The summed E-state index contributed by atoms with van der Waals surface area (Å²) in [6, 6.07) is 4.25. The van der Waals surface area contributed by atoms with E-state index in [4.69, 9.17) is 22.5 Å². The van der Waals surface area contributed by atoms with E-state index in [1.54, 1.807) is 6.92 Å². The topological polar surface area (TPSA) is 55.1 Å². The van der Waals surface area contributed by atoms with Gasteiger partial charge in [-0.1, -0.05) is 42.6 Å². The number of carbonyl (C=O) groups is 1. The Kier molecular flexibility index (Phi) is 5.30. The van der Waals surface area contributed by atoms with Crippen LogP contribution in [0.5, 0.6) is 0 Å². The second-order valence-corrected chi connectivity index (χ2v) is 5.85.